The van der Waals surface area contributed by atoms with E-state index >= 15 is 0 Å². The van der Waals surface area contributed by atoms with E-state index < -0.39 is 32.0 Å². The maximum absolute atomic E-state index is 15.0. The number of amides is 3. The van der Waals surface area contributed by atoms with Gasteiger partial charge in [-0.2, -0.15) is 0 Å². The van der Waals surface area contributed by atoms with Gasteiger partial charge in [-0.05, 0) is 48.8 Å². The number of aromatic amines is 1. The average molecular weight is 568 g/mol. The van der Waals surface area contributed by atoms with Crippen LogP contribution in [-0.2, 0) is 14.8 Å². The lowest BCUT2D eigenvalue weighted by molar-refractivity contribution is -0.116. The number of H-pyrrole nitrogens is 1. The first kappa shape index (κ1) is 29.9. The van der Waals surface area contributed by atoms with Crippen LogP contribution in [-0.4, -0.2) is 30.3 Å². The molecule has 0 aliphatic carbocycles. The Morgan fingerprint density at radius 3 is 2.57 bits per heavy atom. The van der Waals surface area contributed by atoms with Crippen molar-refractivity contribution >= 4 is 62.8 Å². The summed E-state index contributed by atoms with van der Waals surface area (Å²) in [6.45, 7) is 10.2. The predicted octanol–water partition coefficient (Wildman–Crippen LogP) is 5.91. The van der Waals surface area contributed by atoms with Gasteiger partial charge in [0, 0.05) is 18.8 Å². The normalized spacial score (nSPS) is 12.6. The molecule has 37 heavy (non-hydrogen) atoms. The minimum absolute atomic E-state index is 0.0341. The summed E-state index contributed by atoms with van der Waals surface area (Å²) in [5.41, 5.74) is 1.55. The van der Waals surface area contributed by atoms with Crippen LogP contribution in [0.3, 0.4) is 0 Å². The van der Waals surface area contributed by atoms with Gasteiger partial charge in [-0.3, -0.25) is 9.69 Å². The average Bonchev–Trinajstić information content (AvgIpc) is 3.31. The van der Waals surface area contributed by atoms with Crippen molar-refractivity contribution in [3.05, 3.63) is 81.3 Å². The fourth-order valence-corrected chi connectivity index (χ4v) is 4.78. The van der Waals surface area contributed by atoms with Gasteiger partial charge in [0.2, 0.25) is 5.91 Å². The Labute approximate surface area is 224 Å². The second-order valence-corrected chi connectivity index (χ2v) is 11.5. The highest BCUT2D eigenvalue weighted by atomic mass is 35.5. The van der Waals surface area contributed by atoms with E-state index in [0.29, 0.717) is 11.8 Å². The Hall–Kier alpha value is -3.35. The number of hydrogen-bond acceptors (Lipinski definition) is 6. The van der Waals surface area contributed by atoms with Gasteiger partial charge in [0.1, 0.15) is 10.1 Å². The predicted molar refractivity (Wildman–Crippen MR) is 148 cm³/mol. The number of aromatic nitrogens is 2. The van der Waals surface area contributed by atoms with Crippen molar-refractivity contribution in [3.8, 4) is 0 Å². The van der Waals surface area contributed by atoms with E-state index in [-0.39, 0.29) is 21.7 Å². The van der Waals surface area contributed by atoms with Gasteiger partial charge in [0.05, 0.1) is 28.3 Å². The van der Waals surface area contributed by atoms with Crippen LogP contribution in [0.2, 0.25) is 0 Å². The first-order chi connectivity index (χ1) is 17.3. The number of benzene rings is 1. The molecule has 0 saturated carbocycles. The van der Waals surface area contributed by atoms with Crippen molar-refractivity contribution in [2.45, 2.75) is 27.7 Å². The molecule has 0 atom stereocenters. The van der Waals surface area contributed by atoms with Gasteiger partial charge >= 0.3 is 6.03 Å². The zero-order chi connectivity index (χ0) is 27.8. The maximum Gasteiger partial charge on any atom is 0.333 e. The largest absolute Gasteiger partial charge is 0.345 e. The lowest BCUT2D eigenvalue weighted by Crippen LogP contribution is -2.34. The lowest BCUT2D eigenvalue weighted by atomic mass is 10.0. The van der Waals surface area contributed by atoms with E-state index in [1.807, 2.05) is 19.9 Å². The molecule has 13 heteroatoms. The highest BCUT2D eigenvalue weighted by Gasteiger charge is 2.21. The fraction of sp³-hybridized carbons (Fsp3) is 0.208. The third-order valence-electron chi connectivity index (χ3n) is 4.69. The molecule has 0 bridgehead atoms. The summed E-state index contributed by atoms with van der Waals surface area (Å²) in [5.74, 6) is -1.16. The highest BCUT2D eigenvalue weighted by Crippen LogP contribution is 2.30. The van der Waals surface area contributed by atoms with Gasteiger partial charge in [-0.25, -0.2) is 27.3 Å². The molecule has 0 saturated heterocycles. The molecule has 2 aromatic rings. The van der Waals surface area contributed by atoms with Crippen molar-refractivity contribution < 1.29 is 22.4 Å². The number of rotatable bonds is 10. The lowest BCUT2D eigenvalue weighted by Gasteiger charge is -2.19. The quantitative estimate of drug-likeness (QED) is 0.307. The minimum atomic E-state index is -4.26. The van der Waals surface area contributed by atoms with Crippen molar-refractivity contribution in [2.24, 2.45) is 5.92 Å². The van der Waals surface area contributed by atoms with E-state index in [1.54, 1.807) is 30.2 Å². The minimum Gasteiger partial charge on any atom is -0.345 e. The van der Waals surface area contributed by atoms with Crippen LogP contribution in [0.25, 0.3) is 6.08 Å². The van der Waals surface area contributed by atoms with Crippen molar-refractivity contribution in [3.63, 3.8) is 0 Å². The molecule has 0 aliphatic rings. The van der Waals surface area contributed by atoms with E-state index in [2.05, 4.69) is 21.9 Å². The first-order valence-electron chi connectivity index (χ1n) is 10.8. The van der Waals surface area contributed by atoms with Crippen LogP contribution in [0, 0.1) is 11.7 Å². The summed E-state index contributed by atoms with van der Waals surface area (Å²) in [5, 5.41) is 2.24. The van der Waals surface area contributed by atoms with Crippen LogP contribution < -0.4 is 14.9 Å². The number of nitrogens with one attached hydrogen (secondary N) is 3. The third kappa shape index (κ3) is 8.92. The Kier molecular flexibility index (Phi) is 10.7. The number of nitrogens with zero attached hydrogens (tertiary/aromatic N) is 2. The van der Waals surface area contributed by atoms with E-state index in [0.717, 1.165) is 22.2 Å². The molecule has 0 unspecified atom stereocenters. The molecule has 198 valence electrons. The summed E-state index contributed by atoms with van der Waals surface area (Å²) in [6, 6.07) is 2.46. The SMILES string of the molecule is C=C(S/C(Cl)=C\C)S(=O)(=O)NC(=O)Nc1ccc(N(/C=C\C(=C\c2cnc[nH]2)C(C)C)C(C)=O)c(F)c1. The number of thioether (sulfide) groups is 1. The first-order valence-corrected chi connectivity index (χ1v) is 13.5. The molecule has 0 aliphatic heterocycles. The zero-order valence-electron chi connectivity index (χ0n) is 20.6. The van der Waals surface area contributed by atoms with Gasteiger partial charge in [0.25, 0.3) is 10.0 Å². The molecule has 1 aromatic heterocycles. The second kappa shape index (κ2) is 13.3. The standard InChI is InChI=1S/C24H27ClFN5O4S2/c1-6-23(25)36-17(5)37(34,35)30-24(33)29-19-7-8-22(21(26)12-19)31(16(4)32)10-9-18(15(2)3)11-20-13-27-14-28-20/h6-15H,5H2,1-4H3,(H,27,28)(H2,29,30,33)/b10-9-,18-11-,23-6-. The number of carbonyl (C=O) groups excluding carboxylic acids is 2. The summed E-state index contributed by atoms with van der Waals surface area (Å²) in [4.78, 5) is 32.5. The van der Waals surface area contributed by atoms with Gasteiger partial charge < -0.3 is 10.3 Å². The van der Waals surface area contributed by atoms with Crippen molar-refractivity contribution in [1.82, 2.24) is 14.7 Å². The van der Waals surface area contributed by atoms with E-state index in [9.17, 15) is 22.4 Å². The third-order valence-corrected chi connectivity index (χ3v) is 7.76. The molecule has 2 rings (SSSR count). The number of urea groups is 1. The number of allylic oxidation sites excluding steroid dienone is 3. The summed E-state index contributed by atoms with van der Waals surface area (Å²) < 4.78 is 41.0. The number of carbonyl (C=O) groups is 2. The molecular weight excluding hydrogens is 541 g/mol. The Morgan fingerprint density at radius 2 is 2.03 bits per heavy atom. The number of imidazole rings is 1. The Balaban J connectivity index is 2.20. The van der Waals surface area contributed by atoms with Gasteiger partial charge in [0.15, 0.2) is 0 Å². The van der Waals surface area contributed by atoms with Crippen LogP contribution >= 0.6 is 23.4 Å². The van der Waals surface area contributed by atoms with Gasteiger partial charge in [-0.1, -0.05) is 49.9 Å². The second-order valence-electron chi connectivity index (χ2n) is 7.80. The zero-order valence-corrected chi connectivity index (χ0v) is 23.0. The molecule has 1 heterocycles. The smallest absolute Gasteiger partial charge is 0.333 e. The summed E-state index contributed by atoms with van der Waals surface area (Å²) >= 11 is 6.45. The fourth-order valence-electron chi connectivity index (χ4n) is 2.79. The monoisotopic (exact) mass is 567 g/mol. The Bertz CT molecular complexity index is 1350. The number of sulfonamides is 1. The van der Waals surface area contributed by atoms with E-state index in [1.165, 1.54) is 31.3 Å². The van der Waals surface area contributed by atoms with Crippen molar-refractivity contribution in [1.29, 1.82) is 0 Å². The summed E-state index contributed by atoms with van der Waals surface area (Å²) in [7, 11) is -4.26. The van der Waals surface area contributed by atoms with Crippen LogP contribution in [0.15, 0.2) is 69.8 Å². The van der Waals surface area contributed by atoms with Crippen LogP contribution in [0.5, 0.6) is 0 Å². The summed E-state index contributed by atoms with van der Waals surface area (Å²) in [6.07, 6.45) is 9.68. The molecule has 3 N–H and O–H groups in total. The molecule has 0 spiro atoms. The van der Waals surface area contributed by atoms with Crippen LogP contribution in [0.1, 0.15) is 33.4 Å². The van der Waals surface area contributed by atoms with Gasteiger partial charge in [-0.15, -0.1) is 0 Å². The topological polar surface area (TPSA) is 124 Å². The molecule has 1 aromatic carbocycles. The highest BCUT2D eigenvalue weighted by molar-refractivity contribution is 8.21. The van der Waals surface area contributed by atoms with Crippen LogP contribution in [0.4, 0.5) is 20.6 Å². The molecular formula is C24H27ClFN5O4S2. The maximum atomic E-state index is 15.0. The number of hydrogen-bond donors (Lipinski definition) is 3. The molecule has 0 radical (unpaired) electrons. The molecule has 0 fully saturated rings. The number of anilines is 2. The van der Waals surface area contributed by atoms with E-state index in [4.69, 9.17) is 11.6 Å². The molecule has 3 amide bonds. The number of halogens is 2. The Morgan fingerprint density at radius 1 is 1.32 bits per heavy atom. The van der Waals surface area contributed by atoms with Crippen molar-refractivity contribution in [2.75, 3.05) is 10.2 Å². The molecule has 9 nitrogen and oxygen atoms in total.